The third-order valence-corrected chi connectivity index (χ3v) is 14.5. The van der Waals surface area contributed by atoms with Crippen LogP contribution in [0.1, 0.15) is 68.7 Å². The van der Waals surface area contributed by atoms with E-state index in [1.165, 1.54) is 78.4 Å². The second-order valence-electron chi connectivity index (χ2n) is 15.2. The van der Waals surface area contributed by atoms with Gasteiger partial charge in [0.1, 0.15) is 13.1 Å². The van der Waals surface area contributed by atoms with E-state index >= 15 is 0 Å². The van der Waals surface area contributed by atoms with Gasteiger partial charge in [-0.25, -0.2) is 16.8 Å². The Morgan fingerprint density at radius 2 is 0.750 bits per heavy atom. The van der Waals surface area contributed by atoms with E-state index in [0.29, 0.717) is 0 Å². The number of alkyl halides is 6. The molecule has 2 aliphatic heterocycles. The SMILES string of the molecule is C(=C\c1cc(/C=C/c2ccsc2)[n+]2c(c1)-c1c(ccc3c1-c1cc(/C=C/c4ccsc4)cc(/C=C/c4ccsc4)[n+]1CCC3)CCC2)/c1ccsc1.O=S(=O)([O-])C(F)(F)F.O=S(=O)([O-])C(F)(F)F. The van der Waals surface area contributed by atoms with Crippen molar-refractivity contribution in [3.8, 4) is 22.5 Å². The molecule has 0 saturated carbocycles. The summed E-state index contributed by atoms with van der Waals surface area (Å²) in [5, 5.41) is 17.5. The van der Waals surface area contributed by atoms with Crippen molar-refractivity contribution < 1.29 is 61.4 Å². The maximum atomic E-state index is 10.7. The highest BCUT2D eigenvalue weighted by Gasteiger charge is 2.38. The summed E-state index contributed by atoms with van der Waals surface area (Å²) < 4.78 is 123. The molecule has 9 rings (SSSR count). The lowest BCUT2D eigenvalue weighted by Gasteiger charge is -2.15. The van der Waals surface area contributed by atoms with Gasteiger partial charge in [-0.1, -0.05) is 36.4 Å². The van der Waals surface area contributed by atoms with E-state index in [4.69, 9.17) is 25.9 Å². The number of pyridine rings is 2. The van der Waals surface area contributed by atoms with Crippen LogP contribution in [0.25, 0.3) is 71.1 Å². The van der Waals surface area contributed by atoms with Crippen molar-refractivity contribution in [1.82, 2.24) is 0 Å². The fourth-order valence-corrected chi connectivity index (χ4v) is 10.0. The molecule has 0 spiro atoms. The van der Waals surface area contributed by atoms with E-state index < -0.39 is 31.3 Å². The lowest BCUT2D eigenvalue weighted by Crippen LogP contribution is -2.40. The second kappa shape index (κ2) is 21.5. The van der Waals surface area contributed by atoms with Gasteiger partial charge in [-0.05, 0) is 137 Å². The predicted molar refractivity (Wildman–Crippen MR) is 259 cm³/mol. The van der Waals surface area contributed by atoms with Crippen LogP contribution in [0.5, 0.6) is 0 Å². The molecule has 0 aliphatic carbocycles. The maximum Gasteiger partial charge on any atom is 0.485 e. The van der Waals surface area contributed by atoms with Crippen LogP contribution in [0.2, 0.25) is 0 Å². The van der Waals surface area contributed by atoms with Gasteiger partial charge in [0.15, 0.2) is 20.2 Å². The van der Waals surface area contributed by atoms with Gasteiger partial charge in [-0.2, -0.15) is 80.8 Å². The normalized spacial score (nSPS) is 14.1. The van der Waals surface area contributed by atoms with Crippen LogP contribution in [0, 0.1) is 0 Å². The number of benzene rings is 1. The summed E-state index contributed by atoms with van der Waals surface area (Å²) in [6.45, 7) is 1.96. The molecule has 8 nitrogen and oxygen atoms in total. The number of thiophene rings is 4. The van der Waals surface area contributed by atoms with Crippen LogP contribution in [0.4, 0.5) is 26.3 Å². The zero-order valence-corrected chi connectivity index (χ0v) is 40.2. The Balaban J connectivity index is 0.000000368. The molecule has 0 saturated heterocycles. The van der Waals surface area contributed by atoms with Gasteiger partial charge in [0.2, 0.25) is 22.8 Å². The summed E-state index contributed by atoms with van der Waals surface area (Å²) in [7, 11) is -12.2. The third kappa shape index (κ3) is 12.9. The first-order chi connectivity index (χ1) is 32.2. The van der Waals surface area contributed by atoms with Crippen molar-refractivity contribution in [3.05, 3.63) is 160 Å². The van der Waals surface area contributed by atoms with Crippen molar-refractivity contribution in [2.75, 3.05) is 0 Å². The molecule has 354 valence electrons. The molecule has 0 N–H and O–H groups in total. The monoisotopic (exact) mass is 1040 g/mol. The van der Waals surface area contributed by atoms with E-state index in [1.54, 1.807) is 45.3 Å². The molecule has 7 aromatic rings. The van der Waals surface area contributed by atoms with Gasteiger partial charge in [-0.3, -0.25) is 0 Å². The topological polar surface area (TPSA) is 122 Å². The Morgan fingerprint density at radius 1 is 0.456 bits per heavy atom. The Labute approximate surface area is 405 Å². The van der Waals surface area contributed by atoms with E-state index in [9.17, 15) is 26.3 Å². The van der Waals surface area contributed by atoms with E-state index in [2.05, 4.69) is 161 Å². The van der Waals surface area contributed by atoms with Crippen LogP contribution in [-0.2, 0) is 46.2 Å². The lowest BCUT2D eigenvalue weighted by atomic mass is 9.88. The first-order valence-electron chi connectivity index (χ1n) is 20.4. The van der Waals surface area contributed by atoms with Gasteiger partial charge in [0.25, 0.3) is 0 Å². The molecular formula is C48H38F6N2O6S6. The molecular weight excluding hydrogens is 1010 g/mol. The van der Waals surface area contributed by atoms with Crippen molar-refractivity contribution in [3.63, 3.8) is 0 Å². The van der Waals surface area contributed by atoms with Crippen molar-refractivity contribution in [2.45, 2.75) is 49.8 Å². The third-order valence-electron chi connectivity index (χ3n) is 10.6. The van der Waals surface area contributed by atoms with Crippen molar-refractivity contribution in [1.29, 1.82) is 0 Å². The molecule has 0 fully saturated rings. The number of rotatable bonds is 8. The highest BCUT2D eigenvalue weighted by Crippen LogP contribution is 2.40. The predicted octanol–water partition coefficient (Wildman–Crippen LogP) is 12.5. The minimum atomic E-state index is -6.09. The van der Waals surface area contributed by atoms with Crippen LogP contribution in [0.3, 0.4) is 0 Å². The Morgan fingerprint density at radius 3 is 1.03 bits per heavy atom. The van der Waals surface area contributed by atoms with Gasteiger partial charge < -0.3 is 9.11 Å². The Bertz CT molecular complexity index is 2980. The first-order valence-corrected chi connectivity index (χ1v) is 27.0. The molecule has 0 atom stereocenters. The number of aromatic nitrogens is 2. The molecule has 0 bridgehead atoms. The number of halogens is 6. The Kier molecular flexibility index (Phi) is 16.0. The summed E-state index contributed by atoms with van der Waals surface area (Å²) >= 11 is 6.98. The number of hydrogen-bond acceptors (Lipinski definition) is 10. The molecule has 0 amide bonds. The molecule has 6 aromatic heterocycles. The van der Waals surface area contributed by atoms with Crippen LogP contribution in [0.15, 0.2) is 104 Å². The van der Waals surface area contributed by atoms with E-state index in [1.807, 2.05) is 0 Å². The summed E-state index contributed by atoms with van der Waals surface area (Å²) in [5.41, 5.74) is 6.93. The minimum absolute atomic E-state index is 0.981. The van der Waals surface area contributed by atoms with Gasteiger partial charge >= 0.3 is 11.0 Å². The fourth-order valence-electron chi connectivity index (χ4n) is 7.49. The summed E-state index contributed by atoms with van der Waals surface area (Å²) in [6.07, 6.45) is 22.6. The Hall–Kier alpha value is -5.32. The van der Waals surface area contributed by atoms with Crippen LogP contribution in [-0.4, -0.2) is 37.0 Å². The highest BCUT2D eigenvalue weighted by molar-refractivity contribution is 7.86. The van der Waals surface area contributed by atoms with Crippen molar-refractivity contribution in [2.24, 2.45) is 0 Å². The van der Waals surface area contributed by atoms with Gasteiger partial charge in [0, 0.05) is 49.3 Å². The summed E-state index contributed by atoms with van der Waals surface area (Å²) in [6, 6.07) is 23.3. The van der Waals surface area contributed by atoms with Crippen LogP contribution < -0.4 is 9.13 Å². The minimum Gasteiger partial charge on any atom is -0.741 e. The molecule has 0 unspecified atom stereocenters. The zero-order chi connectivity index (χ0) is 48.7. The summed E-state index contributed by atoms with van der Waals surface area (Å²) in [4.78, 5) is 0. The second-order valence-corrected chi connectivity index (χ2v) is 21.1. The quantitative estimate of drug-likeness (QED) is 0.0647. The van der Waals surface area contributed by atoms with Crippen molar-refractivity contribution >= 4 is 114 Å². The number of fused-ring (bicyclic) bond motifs is 7. The molecule has 20 heteroatoms. The molecule has 0 radical (unpaired) electrons. The standard InChI is InChI=1S/C46H38N2S4.2CHF3O3S/c1-3-39-11-12-40-4-2-20-48-42(14-10-36-18-24-52-32-36)26-38(8-6-34-16-22-50-30-34)28-44(48)46(40)45(39)43-27-37(7-5-33-15-21-49-29-33)25-41(47(43)19-1)13-9-35-17-23-51-31-35;2*2-1(3,4)8(5,6)7/h5-18,21-32H,1-4,19-20H2;2*(H,5,6,7)/q+2;;/p-2/b7-5+,8-6+,13-9+,14-10+;;. The largest absolute Gasteiger partial charge is 0.741 e. The molecule has 68 heavy (non-hydrogen) atoms. The average Bonchev–Trinajstić information content (AvgIpc) is 4.12. The maximum absolute atomic E-state index is 10.7. The van der Waals surface area contributed by atoms with E-state index in [0.717, 1.165) is 38.8 Å². The lowest BCUT2D eigenvalue weighted by molar-refractivity contribution is -0.689. The highest BCUT2D eigenvalue weighted by atomic mass is 32.2. The molecule has 8 heterocycles. The summed E-state index contributed by atoms with van der Waals surface area (Å²) in [5.74, 6) is 0. The molecule has 1 aromatic carbocycles. The smallest absolute Gasteiger partial charge is 0.485 e. The first kappa shape index (κ1) is 50.6. The van der Waals surface area contributed by atoms with Gasteiger partial charge in [-0.15, -0.1) is 0 Å². The fraction of sp³-hybridized carbons (Fsp3) is 0.167. The van der Waals surface area contributed by atoms with Gasteiger partial charge in [0.05, 0.1) is 11.1 Å². The zero-order valence-electron chi connectivity index (χ0n) is 35.3. The van der Waals surface area contributed by atoms with Crippen LogP contribution >= 0.6 is 45.3 Å². The number of nitrogens with zero attached hydrogens (tertiary/aromatic N) is 2. The number of aryl methyl sites for hydroxylation is 2. The number of hydrogen-bond donors (Lipinski definition) is 0. The molecule has 2 aliphatic rings. The van der Waals surface area contributed by atoms with E-state index in [-0.39, 0.29) is 0 Å². The average molecular weight is 1050 g/mol.